The highest BCUT2D eigenvalue weighted by Gasteiger charge is 2.19. The number of amides is 1. The van der Waals surface area contributed by atoms with Gasteiger partial charge in [0.2, 0.25) is 0 Å². The number of hydrogen-bond acceptors (Lipinski definition) is 2. The normalized spacial score (nSPS) is 10.7. The molecule has 0 saturated carbocycles. The molecule has 0 aliphatic carbocycles. The number of hydrogen-bond donors (Lipinski definition) is 2. The van der Waals surface area contributed by atoms with Gasteiger partial charge in [-0.1, -0.05) is 0 Å². The summed E-state index contributed by atoms with van der Waals surface area (Å²) in [4.78, 5) is 11.8. The van der Waals surface area contributed by atoms with Gasteiger partial charge in [-0.25, -0.2) is 13.2 Å². The van der Waals surface area contributed by atoms with Crippen LogP contribution in [0.25, 0.3) is 0 Å². The number of aromatic nitrogens is 2. The molecule has 4 nitrogen and oxygen atoms in total. The standard InChI is InChI=1S/C13H12F3N3O/c1-6-9(7(2)19-18-6)5-17-13(20)12-10(15)3-8(14)4-11(12)16/h3-4H,5H2,1-2H3,(H,17,20)(H,18,19). The highest BCUT2D eigenvalue weighted by atomic mass is 19.1. The number of rotatable bonds is 3. The molecule has 20 heavy (non-hydrogen) atoms. The Morgan fingerprint density at radius 3 is 2.35 bits per heavy atom. The third kappa shape index (κ3) is 2.66. The molecule has 1 heterocycles. The van der Waals surface area contributed by atoms with Gasteiger partial charge in [-0.15, -0.1) is 0 Å². The number of aromatic amines is 1. The Labute approximate surface area is 113 Å². The molecule has 2 N–H and O–H groups in total. The molecule has 0 fully saturated rings. The van der Waals surface area contributed by atoms with Crippen molar-refractivity contribution in [3.63, 3.8) is 0 Å². The molecule has 2 aromatic rings. The number of nitrogens with one attached hydrogen (secondary N) is 2. The summed E-state index contributed by atoms with van der Waals surface area (Å²) < 4.78 is 39.6. The molecule has 1 aromatic heterocycles. The molecule has 0 unspecified atom stereocenters. The SMILES string of the molecule is Cc1n[nH]c(C)c1CNC(=O)c1c(F)cc(F)cc1F. The first-order valence-electron chi connectivity index (χ1n) is 5.83. The van der Waals surface area contributed by atoms with Gasteiger partial charge < -0.3 is 5.32 Å². The molecule has 0 atom stereocenters. The number of benzene rings is 1. The Bertz CT molecular complexity index is 624. The van der Waals surface area contributed by atoms with E-state index in [1.165, 1.54) is 0 Å². The lowest BCUT2D eigenvalue weighted by molar-refractivity contribution is 0.0942. The maximum Gasteiger partial charge on any atom is 0.257 e. The maximum absolute atomic E-state index is 13.4. The van der Waals surface area contributed by atoms with Gasteiger partial charge in [0.05, 0.1) is 5.69 Å². The van der Waals surface area contributed by atoms with E-state index in [0.717, 1.165) is 11.3 Å². The van der Waals surface area contributed by atoms with Crippen molar-refractivity contribution in [3.05, 3.63) is 52.1 Å². The predicted molar refractivity (Wildman–Crippen MR) is 65.5 cm³/mol. The number of aryl methyl sites for hydroxylation is 2. The second kappa shape index (κ2) is 5.36. The molecule has 0 bridgehead atoms. The fraction of sp³-hybridized carbons (Fsp3) is 0.231. The number of nitrogens with zero attached hydrogens (tertiary/aromatic N) is 1. The average molecular weight is 283 g/mol. The Hall–Kier alpha value is -2.31. The molecule has 0 aliphatic heterocycles. The summed E-state index contributed by atoms with van der Waals surface area (Å²) in [7, 11) is 0. The van der Waals surface area contributed by atoms with Crippen LogP contribution in [0.4, 0.5) is 13.2 Å². The third-order valence-electron chi connectivity index (χ3n) is 2.94. The molecule has 106 valence electrons. The van der Waals surface area contributed by atoms with Crippen LogP contribution < -0.4 is 5.32 Å². The van der Waals surface area contributed by atoms with Crippen molar-refractivity contribution in [2.24, 2.45) is 0 Å². The van der Waals surface area contributed by atoms with Crippen molar-refractivity contribution in [3.8, 4) is 0 Å². The molecule has 2 rings (SSSR count). The first kappa shape index (κ1) is 14.1. The van der Waals surface area contributed by atoms with Crippen molar-refractivity contribution >= 4 is 5.91 Å². The second-order valence-corrected chi connectivity index (χ2v) is 4.34. The lowest BCUT2D eigenvalue weighted by atomic mass is 10.1. The van der Waals surface area contributed by atoms with Gasteiger partial charge in [-0.2, -0.15) is 5.10 Å². The fourth-order valence-electron chi connectivity index (χ4n) is 1.85. The van der Waals surface area contributed by atoms with Crippen LogP contribution >= 0.6 is 0 Å². The third-order valence-corrected chi connectivity index (χ3v) is 2.94. The van der Waals surface area contributed by atoms with Crippen LogP contribution in [0.5, 0.6) is 0 Å². The van der Waals surface area contributed by atoms with Gasteiger partial charge >= 0.3 is 0 Å². The summed E-state index contributed by atoms with van der Waals surface area (Å²) in [6.45, 7) is 3.58. The summed E-state index contributed by atoms with van der Waals surface area (Å²) >= 11 is 0. The first-order chi connectivity index (χ1) is 9.40. The number of carbonyl (C=O) groups is 1. The highest BCUT2D eigenvalue weighted by molar-refractivity contribution is 5.94. The predicted octanol–water partition coefficient (Wildman–Crippen LogP) is 2.37. The maximum atomic E-state index is 13.4. The lowest BCUT2D eigenvalue weighted by Gasteiger charge is -2.07. The van der Waals surface area contributed by atoms with Crippen LogP contribution in [0.3, 0.4) is 0 Å². The second-order valence-electron chi connectivity index (χ2n) is 4.34. The summed E-state index contributed by atoms with van der Waals surface area (Å²) in [5.74, 6) is -4.49. The minimum atomic E-state index is -1.24. The molecular formula is C13H12F3N3O. The summed E-state index contributed by atoms with van der Waals surface area (Å²) in [6.07, 6.45) is 0. The monoisotopic (exact) mass is 283 g/mol. The Kier molecular flexibility index (Phi) is 3.78. The van der Waals surface area contributed by atoms with Gasteiger partial charge in [-0.3, -0.25) is 9.89 Å². The van der Waals surface area contributed by atoms with Gasteiger partial charge in [0.15, 0.2) is 0 Å². The van der Waals surface area contributed by atoms with E-state index in [0.29, 0.717) is 17.8 Å². The van der Waals surface area contributed by atoms with Crippen LogP contribution in [0, 0.1) is 31.3 Å². The molecule has 0 aliphatic rings. The van der Waals surface area contributed by atoms with Gasteiger partial charge in [0.1, 0.15) is 23.0 Å². The summed E-state index contributed by atoms with van der Waals surface area (Å²) in [5, 5.41) is 9.05. The zero-order valence-electron chi connectivity index (χ0n) is 10.9. The fourth-order valence-corrected chi connectivity index (χ4v) is 1.85. The van der Waals surface area contributed by atoms with Gasteiger partial charge in [0, 0.05) is 29.9 Å². The van der Waals surface area contributed by atoms with E-state index in [1.54, 1.807) is 13.8 Å². The van der Waals surface area contributed by atoms with Gasteiger partial charge in [0.25, 0.3) is 5.91 Å². The zero-order valence-corrected chi connectivity index (χ0v) is 10.9. The molecule has 1 aromatic carbocycles. The number of H-pyrrole nitrogens is 1. The van der Waals surface area contributed by atoms with Crippen LogP contribution in [-0.4, -0.2) is 16.1 Å². The van der Waals surface area contributed by atoms with Crippen LogP contribution in [0.15, 0.2) is 12.1 Å². The van der Waals surface area contributed by atoms with E-state index in [2.05, 4.69) is 15.5 Å². The van der Waals surface area contributed by atoms with E-state index < -0.39 is 28.9 Å². The van der Waals surface area contributed by atoms with E-state index in [1.807, 2.05) is 0 Å². The summed E-state index contributed by atoms with van der Waals surface area (Å²) in [5.41, 5.74) is 1.37. The van der Waals surface area contributed by atoms with Crippen molar-refractivity contribution in [1.82, 2.24) is 15.5 Å². The number of carbonyl (C=O) groups excluding carboxylic acids is 1. The van der Waals surface area contributed by atoms with E-state index in [9.17, 15) is 18.0 Å². The van der Waals surface area contributed by atoms with Crippen molar-refractivity contribution in [2.45, 2.75) is 20.4 Å². The quantitative estimate of drug-likeness (QED) is 0.908. The largest absolute Gasteiger partial charge is 0.348 e. The number of halogens is 3. The highest BCUT2D eigenvalue weighted by Crippen LogP contribution is 2.15. The molecule has 0 spiro atoms. The Morgan fingerprint density at radius 2 is 1.85 bits per heavy atom. The molecule has 7 heteroatoms. The average Bonchev–Trinajstić information content (AvgIpc) is 2.65. The molecule has 1 amide bonds. The van der Waals surface area contributed by atoms with Crippen molar-refractivity contribution < 1.29 is 18.0 Å². The topological polar surface area (TPSA) is 57.8 Å². The Balaban J connectivity index is 2.18. The minimum absolute atomic E-state index is 0.0727. The van der Waals surface area contributed by atoms with Crippen LogP contribution in [0.1, 0.15) is 27.3 Å². The van der Waals surface area contributed by atoms with Crippen LogP contribution in [0.2, 0.25) is 0 Å². The Morgan fingerprint density at radius 1 is 1.25 bits per heavy atom. The van der Waals surface area contributed by atoms with Crippen molar-refractivity contribution in [2.75, 3.05) is 0 Å². The van der Waals surface area contributed by atoms with E-state index in [4.69, 9.17) is 0 Å². The van der Waals surface area contributed by atoms with Crippen LogP contribution in [-0.2, 0) is 6.54 Å². The molecular weight excluding hydrogens is 271 g/mol. The zero-order chi connectivity index (χ0) is 14.9. The van der Waals surface area contributed by atoms with E-state index in [-0.39, 0.29) is 6.54 Å². The molecule has 0 radical (unpaired) electrons. The minimum Gasteiger partial charge on any atom is -0.348 e. The smallest absolute Gasteiger partial charge is 0.257 e. The first-order valence-corrected chi connectivity index (χ1v) is 5.83. The molecule has 0 saturated heterocycles. The van der Waals surface area contributed by atoms with Gasteiger partial charge in [-0.05, 0) is 13.8 Å². The van der Waals surface area contributed by atoms with Crippen molar-refractivity contribution in [1.29, 1.82) is 0 Å². The summed E-state index contributed by atoms with van der Waals surface area (Å²) in [6, 6.07) is 0.929. The lowest BCUT2D eigenvalue weighted by Crippen LogP contribution is -2.25. The van der Waals surface area contributed by atoms with E-state index >= 15 is 0 Å².